The van der Waals surface area contributed by atoms with E-state index in [4.69, 9.17) is 4.74 Å². The van der Waals surface area contributed by atoms with E-state index in [9.17, 15) is 4.21 Å². The zero-order valence-electron chi connectivity index (χ0n) is 15.8. The van der Waals surface area contributed by atoms with Gasteiger partial charge in [-0.3, -0.25) is 9.20 Å². The Hall–Kier alpha value is 0.110. The average Bonchev–Trinajstić information content (AvgIpc) is 2.43. The van der Waals surface area contributed by atoms with Crippen molar-refractivity contribution in [1.82, 2.24) is 10.6 Å². The van der Waals surface area contributed by atoms with Gasteiger partial charge in [0.05, 0.1) is 5.60 Å². The van der Waals surface area contributed by atoms with Gasteiger partial charge in [0.25, 0.3) is 0 Å². The smallest absolute Gasteiger partial charge is 0.191 e. The molecule has 1 saturated carbocycles. The largest absolute Gasteiger partial charge is 0.378 e. The number of aliphatic imine (C=N–C) groups is 1. The van der Waals surface area contributed by atoms with E-state index in [0.717, 1.165) is 12.4 Å². The second kappa shape index (κ2) is 8.47. The molecule has 0 spiro atoms. The van der Waals surface area contributed by atoms with Gasteiger partial charge < -0.3 is 15.4 Å². The fourth-order valence-electron chi connectivity index (χ4n) is 2.65. The maximum atomic E-state index is 12.0. The van der Waals surface area contributed by atoms with Gasteiger partial charge in [-0.05, 0) is 34.1 Å². The molecule has 2 N–H and O–H groups in total. The predicted octanol–water partition coefficient (Wildman–Crippen LogP) is 2.52. The van der Waals surface area contributed by atoms with Gasteiger partial charge in [0.15, 0.2) is 5.96 Å². The summed E-state index contributed by atoms with van der Waals surface area (Å²) in [5.41, 5.74) is -0.0646. The zero-order chi connectivity index (χ0) is 17.2. The second-order valence-electron chi connectivity index (χ2n) is 7.72. The first kappa shape index (κ1) is 23.1. The molecule has 1 fully saturated rings. The lowest BCUT2D eigenvalue weighted by Crippen LogP contribution is -2.69. The normalized spacial score (nSPS) is 28.3. The Labute approximate surface area is 161 Å². The molecule has 0 radical (unpaired) electrons. The van der Waals surface area contributed by atoms with Crippen molar-refractivity contribution in [3.05, 3.63) is 0 Å². The van der Waals surface area contributed by atoms with Crippen LogP contribution in [-0.4, -0.2) is 53.0 Å². The third-order valence-corrected chi connectivity index (χ3v) is 7.02. The molecule has 3 unspecified atom stereocenters. The van der Waals surface area contributed by atoms with Gasteiger partial charge >= 0.3 is 0 Å². The van der Waals surface area contributed by atoms with Crippen molar-refractivity contribution < 1.29 is 8.95 Å². The van der Waals surface area contributed by atoms with E-state index in [2.05, 4.69) is 36.4 Å². The van der Waals surface area contributed by atoms with Crippen LogP contribution in [0.15, 0.2) is 4.99 Å². The van der Waals surface area contributed by atoms with E-state index in [1.54, 1.807) is 14.2 Å². The first-order valence-electron chi connectivity index (χ1n) is 7.89. The summed E-state index contributed by atoms with van der Waals surface area (Å²) in [6.45, 7) is 13.2. The number of hydrogen-bond donors (Lipinski definition) is 2. The summed E-state index contributed by atoms with van der Waals surface area (Å²) in [6.07, 6.45) is 0.950. The summed E-state index contributed by atoms with van der Waals surface area (Å²) in [6, 6.07) is 0.316. The van der Waals surface area contributed by atoms with Crippen LogP contribution in [-0.2, 0) is 15.5 Å². The molecule has 138 valence electrons. The lowest BCUT2D eigenvalue weighted by molar-refractivity contribution is -0.176. The van der Waals surface area contributed by atoms with Crippen molar-refractivity contribution in [2.75, 3.05) is 26.5 Å². The van der Waals surface area contributed by atoms with Gasteiger partial charge in [-0.25, -0.2) is 0 Å². The molecule has 0 aromatic heterocycles. The third kappa shape index (κ3) is 5.29. The van der Waals surface area contributed by atoms with Crippen LogP contribution in [0.5, 0.6) is 0 Å². The number of hydrogen-bond acceptors (Lipinski definition) is 3. The highest BCUT2D eigenvalue weighted by Gasteiger charge is 2.58. The summed E-state index contributed by atoms with van der Waals surface area (Å²) in [5.74, 6) is 1.38. The Morgan fingerprint density at radius 1 is 1.35 bits per heavy atom. The molecular formula is C16H34IN3O2S. The van der Waals surface area contributed by atoms with Crippen LogP contribution in [0.3, 0.4) is 0 Å². The molecule has 1 rings (SSSR count). The fourth-order valence-corrected chi connectivity index (χ4v) is 3.55. The summed E-state index contributed by atoms with van der Waals surface area (Å²) in [4.78, 5) is 4.26. The van der Waals surface area contributed by atoms with Crippen LogP contribution in [0.1, 0.15) is 48.0 Å². The minimum absolute atomic E-state index is 0. The van der Waals surface area contributed by atoms with Crippen LogP contribution in [0, 0.1) is 5.41 Å². The van der Waals surface area contributed by atoms with Crippen molar-refractivity contribution in [3.8, 4) is 0 Å². The molecule has 1 aliphatic carbocycles. The van der Waals surface area contributed by atoms with Crippen LogP contribution in [0.2, 0.25) is 0 Å². The number of halogens is 1. The summed E-state index contributed by atoms with van der Waals surface area (Å²) < 4.78 is 17.5. The Morgan fingerprint density at radius 3 is 2.30 bits per heavy atom. The molecular weight excluding hydrogens is 425 g/mol. The van der Waals surface area contributed by atoms with E-state index in [1.807, 2.05) is 20.8 Å². The Kier molecular flexibility index (Phi) is 8.51. The maximum absolute atomic E-state index is 12.0. The maximum Gasteiger partial charge on any atom is 0.191 e. The molecule has 0 saturated heterocycles. The Bertz CT molecular complexity index is 449. The molecule has 3 atom stereocenters. The average molecular weight is 459 g/mol. The number of nitrogens with zero attached hydrogens (tertiary/aromatic N) is 1. The SMILES string of the molecule is CN=C(NCCS(=O)C(C)(C)C)NC1CC(C)(OC)C1(C)C.I. The Balaban J connectivity index is 0.00000484. The van der Waals surface area contributed by atoms with Gasteiger partial charge in [0, 0.05) is 53.5 Å². The van der Waals surface area contributed by atoms with E-state index in [-0.39, 0.29) is 39.7 Å². The van der Waals surface area contributed by atoms with E-state index in [1.165, 1.54) is 0 Å². The van der Waals surface area contributed by atoms with Crippen molar-refractivity contribution in [2.24, 2.45) is 10.4 Å². The second-order valence-corrected chi connectivity index (χ2v) is 10.0. The summed E-state index contributed by atoms with van der Waals surface area (Å²) in [5, 5.41) is 6.72. The minimum atomic E-state index is -0.851. The molecule has 0 bridgehead atoms. The van der Waals surface area contributed by atoms with Crippen molar-refractivity contribution >= 4 is 40.7 Å². The molecule has 0 amide bonds. The van der Waals surface area contributed by atoms with Gasteiger partial charge in [-0.15, -0.1) is 24.0 Å². The standard InChI is InChI=1S/C16H33N3O2S.HI/c1-14(2,3)22(20)10-9-18-13(17-7)19-12-11-16(6,21-8)15(12,4)5;/h12H,9-11H2,1-8H3,(H2,17,18,19);1H. The van der Waals surface area contributed by atoms with Gasteiger partial charge in [-0.1, -0.05) is 13.8 Å². The van der Waals surface area contributed by atoms with Crippen molar-refractivity contribution in [1.29, 1.82) is 0 Å². The van der Waals surface area contributed by atoms with Gasteiger partial charge in [0.2, 0.25) is 0 Å². The van der Waals surface area contributed by atoms with Crippen LogP contribution < -0.4 is 10.6 Å². The first-order valence-corrected chi connectivity index (χ1v) is 9.20. The lowest BCUT2D eigenvalue weighted by Gasteiger charge is -2.59. The zero-order valence-corrected chi connectivity index (χ0v) is 18.9. The predicted molar refractivity (Wildman–Crippen MR) is 110 cm³/mol. The monoisotopic (exact) mass is 459 g/mol. The quantitative estimate of drug-likeness (QED) is 0.377. The van der Waals surface area contributed by atoms with Crippen LogP contribution >= 0.6 is 24.0 Å². The number of methoxy groups -OCH3 is 1. The first-order chi connectivity index (χ1) is 9.98. The number of guanidine groups is 1. The highest BCUT2D eigenvalue weighted by Crippen LogP contribution is 2.51. The number of rotatable bonds is 5. The topological polar surface area (TPSA) is 62.7 Å². The molecule has 0 aromatic carbocycles. The Morgan fingerprint density at radius 2 is 1.91 bits per heavy atom. The highest BCUT2D eigenvalue weighted by molar-refractivity contribution is 14.0. The van der Waals surface area contributed by atoms with Gasteiger partial charge in [0.1, 0.15) is 0 Å². The van der Waals surface area contributed by atoms with Crippen molar-refractivity contribution in [2.45, 2.75) is 64.4 Å². The van der Waals surface area contributed by atoms with E-state index < -0.39 is 10.8 Å². The lowest BCUT2D eigenvalue weighted by atomic mass is 9.56. The molecule has 7 heteroatoms. The van der Waals surface area contributed by atoms with Crippen molar-refractivity contribution in [3.63, 3.8) is 0 Å². The number of ether oxygens (including phenoxy) is 1. The summed E-state index contributed by atoms with van der Waals surface area (Å²) in [7, 11) is 2.68. The fraction of sp³-hybridized carbons (Fsp3) is 0.938. The van der Waals surface area contributed by atoms with E-state index >= 15 is 0 Å². The molecule has 1 aliphatic rings. The van der Waals surface area contributed by atoms with Gasteiger partial charge in [-0.2, -0.15) is 0 Å². The van der Waals surface area contributed by atoms with Crippen LogP contribution in [0.25, 0.3) is 0 Å². The number of nitrogens with one attached hydrogen (secondary N) is 2. The van der Waals surface area contributed by atoms with E-state index in [0.29, 0.717) is 18.3 Å². The third-order valence-electron chi connectivity index (χ3n) is 5.08. The summed E-state index contributed by atoms with van der Waals surface area (Å²) >= 11 is 0. The van der Waals surface area contributed by atoms with Crippen LogP contribution in [0.4, 0.5) is 0 Å². The molecule has 5 nitrogen and oxygen atoms in total. The molecule has 0 aliphatic heterocycles. The minimum Gasteiger partial charge on any atom is -0.378 e. The molecule has 0 heterocycles. The molecule has 23 heavy (non-hydrogen) atoms. The molecule has 0 aromatic rings. The highest BCUT2D eigenvalue weighted by atomic mass is 127.